The minimum absolute atomic E-state index is 0.127. The molecule has 0 radical (unpaired) electrons. The number of aromatic hydroxyl groups is 4. The van der Waals surface area contributed by atoms with Crippen LogP contribution >= 0.6 is 0 Å². The third-order valence-corrected chi connectivity index (χ3v) is 11.1. The molecule has 52 heavy (non-hydrogen) atoms. The topological polar surface area (TPSA) is 80.9 Å². The predicted molar refractivity (Wildman–Crippen MR) is 214 cm³/mol. The molecule has 6 rings (SSSR count). The first kappa shape index (κ1) is 36.3. The van der Waals surface area contributed by atoms with Crippen molar-refractivity contribution in [2.45, 2.75) is 77.0 Å². The summed E-state index contributed by atoms with van der Waals surface area (Å²) in [5, 5.41) is 44.0. The molecule has 4 N–H and O–H groups in total. The van der Waals surface area contributed by atoms with Crippen molar-refractivity contribution in [3.63, 3.8) is 0 Å². The summed E-state index contributed by atoms with van der Waals surface area (Å²) in [4.78, 5) is 0. The number of phenols is 4. The molecule has 4 nitrogen and oxygen atoms in total. The van der Waals surface area contributed by atoms with Crippen molar-refractivity contribution in [1.29, 1.82) is 0 Å². The Morgan fingerprint density at radius 2 is 0.712 bits per heavy atom. The Hall–Kier alpha value is -5.48. The van der Waals surface area contributed by atoms with E-state index >= 15 is 0 Å². The van der Waals surface area contributed by atoms with Gasteiger partial charge in [-0.3, -0.25) is 0 Å². The summed E-state index contributed by atoms with van der Waals surface area (Å²) in [6.45, 7) is 12.9. The van der Waals surface area contributed by atoms with Crippen LogP contribution in [-0.4, -0.2) is 20.4 Å². The van der Waals surface area contributed by atoms with Crippen molar-refractivity contribution in [3.05, 3.63) is 167 Å². The zero-order chi connectivity index (χ0) is 37.2. The van der Waals surface area contributed by atoms with Crippen molar-refractivity contribution in [3.8, 4) is 45.3 Å². The lowest BCUT2D eigenvalue weighted by Gasteiger charge is -2.38. The molecule has 0 saturated carbocycles. The van der Waals surface area contributed by atoms with Crippen molar-refractivity contribution in [2.75, 3.05) is 0 Å². The van der Waals surface area contributed by atoms with E-state index in [0.717, 1.165) is 55.6 Å². The third kappa shape index (κ3) is 7.03. The van der Waals surface area contributed by atoms with Gasteiger partial charge >= 0.3 is 0 Å². The van der Waals surface area contributed by atoms with Crippen molar-refractivity contribution >= 4 is 0 Å². The fourth-order valence-electron chi connectivity index (χ4n) is 7.59. The van der Waals surface area contributed by atoms with Crippen molar-refractivity contribution < 1.29 is 20.4 Å². The van der Waals surface area contributed by atoms with Crippen molar-refractivity contribution in [1.82, 2.24) is 0 Å². The van der Waals surface area contributed by atoms with E-state index in [1.807, 2.05) is 97.1 Å². The maximum Gasteiger partial charge on any atom is 0.123 e. The van der Waals surface area contributed by atoms with E-state index in [2.05, 4.69) is 65.8 Å². The predicted octanol–water partition coefficient (Wildman–Crippen LogP) is 12.2. The van der Waals surface area contributed by atoms with Gasteiger partial charge in [0.1, 0.15) is 23.0 Å². The highest BCUT2D eigenvalue weighted by Gasteiger charge is 2.37. The molecule has 0 saturated heterocycles. The van der Waals surface area contributed by atoms with Crippen LogP contribution in [0.1, 0.15) is 99.6 Å². The van der Waals surface area contributed by atoms with Crippen LogP contribution in [0.2, 0.25) is 0 Å². The second-order valence-electron chi connectivity index (χ2n) is 15.2. The second kappa shape index (κ2) is 14.6. The molecule has 0 spiro atoms. The normalized spacial score (nSPS) is 12.1. The highest BCUT2D eigenvalue weighted by Crippen LogP contribution is 2.48. The number of phenolic OH excluding ortho intramolecular Hbond substituents is 4. The van der Waals surface area contributed by atoms with Crippen LogP contribution in [0.4, 0.5) is 0 Å². The summed E-state index contributed by atoms with van der Waals surface area (Å²) in [6.07, 6.45) is 1.40. The number of hydrogen-bond donors (Lipinski definition) is 4. The number of benzene rings is 6. The summed E-state index contributed by atoms with van der Waals surface area (Å²) in [6, 6.07) is 43.7. The molecule has 266 valence electrons. The van der Waals surface area contributed by atoms with Gasteiger partial charge in [0.05, 0.1) is 0 Å². The molecule has 0 heterocycles. The summed E-state index contributed by atoms with van der Waals surface area (Å²) >= 11 is 0. The van der Waals surface area contributed by atoms with Crippen LogP contribution in [0, 0.1) is 0 Å². The van der Waals surface area contributed by atoms with Crippen LogP contribution in [-0.2, 0) is 10.8 Å². The average Bonchev–Trinajstić information content (AvgIpc) is 3.15. The van der Waals surface area contributed by atoms with Gasteiger partial charge < -0.3 is 20.4 Å². The summed E-state index contributed by atoms with van der Waals surface area (Å²) in [5.74, 6) is 1.26. The van der Waals surface area contributed by atoms with E-state index in [1.165, 1.54) is 0 Å². The van der Waals surface area contributed by atoms with Gasteiger partial charge in [0.2, 0.25) is 0 Å². The average molecular weight is 691 g/mol. The lowest BCUT2D eigenvalue weighted by atomic mass is 9.65. The highest BCUT2D eigenvalue weighted by molar-refractivity contribution is 5.73. The lowest BCUT2D eigenvalue weighted by Crippen LogP contribution is -2.31. The molecule has 0 aliphatic heterocycles. The van der Waals surface area contributed by atoms with Crippen LogP contribution in [0.5, 0.6) is 23.0 Å². The van der Waals surface area contributed by atoms with Gasteiger partial charge in [-0.05, 0) is 106 Å². The number of hydrogen-bond acceptors (Lipinski definition) is 4. The van der Waals surface area contributed by atoms with E-state index in [9.17, 15) is 20.4 Å². The molecule has 0 aliphatic rings. The number of rotatable bonds is 11. The minimum Gasteiger partial charge on any atom is -0.508 e. The second-order valence-corrected chi connectivity index (χ2v) is 15.2. The van der Waals surface area contributed by atoms with E-state index in [4.69, 9.17) is 0 Å². The summed E-state index contributed by atoms with van der Waals surface area (Å²) < 4.78 is 0. The Morgan fingerprint density at radius 3 is 1.04 bits per heavy atom. The fourth-order valence-corrected chi connectivity index (χ4v) is 7.59. The third-order valence-electron chi connectivity index (χ3n) is 11.1. The maximum absolute atomic E-state index is 11.1. The molecular weight excluding hydrogens is 641 g/mol. The van der Waals surface area contributed by atoms with Crippen molar-refractivity contribution in [2.24, 2.45) is 0 Å². The monoisotopic (exact) mass is 690 g/mol. The largest absolute Gasteiger partial charge is 0.508 e. The summed E-state index contributed by atoms with van der Waals surface area (Å²) in [7, 11) is 0. The first-order valence-corrected chi connectivity index (χ1v) is 18.3. The van der Waals surface area contributed by atoms with E-state index in [1.54, 1.807) is 12.1 Å². The standard InChI is InChI=1S/C48H50O4/c1-31(2)39-27-35(17-21-43(39)49)47(5,36-18-22-44(50)40(28-36)32(3)4)25-26-48(6,37-19-23-45(51)41(29-37)33-13-9-7-10-14-33)38-20-24-46(52)42(30-38)34-15-11-8-12-16-34/h7-24,27-32,49-52H,25-26H2,1-6H3. The molecule has 0 unspecified atom stereocenters. The first-order valence-electron chi connectivity index (χ1n) is 18.3. The molecule has 6 aromatic carbocycles. The van der Waals surface area contributed by atoms with E-state index in [-0.39, 0.29) is 34.8 Å². The van der Waals surface area contributed by atoms with Gasteiger partial charge in [-0.1, -0.05) is 139 Å². The molecule has 0 bridgehead atoms. The van der Waals surface area contributed by atoms with Gasteiger partial charge in [0.25, 0.3) is 0 Å². The van der Waals surface area contributed by atoms with E-state index in [0.29, 0.717) is 12.8 Å². The zero-order valence-corrected chi connectivity index (χ0v) is 31.1. The van der Waals surface area contributed by atoms with Gasteiger partial charge in [0.15, 0.2) is 0 Å². The molecular formula is C48H50O4. The van der Waals surface area contributed by atoms with Crippen LogP contribution in [0.25, 0.3) is 22.3 Å². The Kier molecular flexibility index (Phi) is 10.2. The van der Waals surface area contributed by atoms with Gasteiger partial charge in [-0.25, -0.2) is 0 Å². The lowest BCUT2D eigenvalue weighted by molar-refractivity contribution is 0.408. The molecule has 0 aliphatic carbocycles. The minimum atomic E-state index is -0.578. The Balaban J connectivity index is 1.56. The Morgan fingerprint density at radius 1 is 0.404 bits per heavy atom. The van der Waals surface area contributed by atoms with E-state index < -0.39 is 10.8 Å². The SMILES string of the molecule is CC(C)c1cc(C(C)(CCC(C)(c2ccc(O)c(-c3ccccc3)c2)c2ccc(O)c(-c3ccccc3)c2)c2ccc(O)c(C(C)C)c2)ccc1O. The first-order chi connectivity index (χ1) is 24.8. The molecule has 0 atom stereocenters. The smallest absolute Gasteiger partial charge is 0.123 e. The molecule has 0 aromatic heterocycles. The molecule has 0 amide bonds. The quantitative estimate of drug-likeness (QED) is 0.109. The fraction of sp³-hybridized carbons (Fsp3) is 0.250. The Labute approximate surface area is 308 Å². The highest BCUT2D eigenvalue weighted by atomic mass is 16.3. The molecule has 4 heteroatoms. The molecule has 6 aromatic rings. The van der Waals surface area contributed by atoms with Crippen LogP contribution < -0.4 is 0 Å². The van der Waals surface area contributed by atoms with Gasteiger partial charge in [0, 0.05) is 22.0 Å². The molecule has 0 fully saturated rings. The van der Waals surface area contributed by atoms with Gasteiger partial charge in [-0.15, -0.1) is 0 Å². The summed E-state index contributed by atoms with van der Waals surface area (Å²) in [5.41, 5.74) is 8.32. The van der Waals surface area contributed by atoms with Crippen LogP contribution in [0.3, 0.4) is 0 Å². The Bertz CT molecular complexity index is 2020. The zero-order valence-electron chi connectivity index (χ0n) is 31.1. The van der Waals surface area contributed by atoms with Gasteiger partial charge in [-0.2, -0.15) is 0 Å². The maximum atomic E-state index is 11.1. The van der Waals surface area contributed by atoms with Crippen LogP contribution in [0.15, 0.2) is 133 Å².